The first kappa shape index (κ1) is 19.0. The molecule has 2 heterocycles. The highest BCUT2D eigenvalue weighted by molar-refractivity contribution is 6.35. The molecule has 10 heteroatoms. The molecule has 26 heavy (non-hydrogen) atoms. The van der Waals surface area contributed by atoms with E-state index in [9.17, 15) is 4.79 Å². The number of benzene rings is 1. The molecular formula is C16H13Cl4N5O. The number of aromatic nitrogens is 4. The van der Waals surface area contributed by atoms with Gasteiger partial charge in [0.05, 0.1) is 23.5 Å². The molecule has 1 aromatic carbocycles. The van der Waals surface area contributed by atoms with Crippen LogP contribution >= 0.6 is 46.4 Å². The van der Waals surface area contributed by atoms with Crippen molar-refractivity contribution in [3.05, 3.63) is 61.9 Å². The summed E-state index contributed by atoms with van der Waals surface area (Å²) < 4.78 is 3.08. The fourth-order valence-electron chi connectivity index (χ4n) is 2.28. The molecular weight excluding hydrogens is 420 g/mol. The van der Waals surface area contributed by atoms with Crippen LogP contribution < -0.4 is 5.32 Å². The summed E-state index contributed by atoms with van der Waals surface area (Å²) >= 11 is 24.2. The summed E-state index contributed by atoms with van der Waals surface area (Å²) in [5, 5.41) is 12.9. The summed E-state index contributed by atoms with van der Waals surface area (Å²) in [4.78, 5) is 12.2. The van der Waals surface area contributed by atoms with Crippen LogP contribution in [0.15, 0.2) is 30.6 Å². The summed E-state index contributed by atoms with van der Waals surface area (Å²) in [5.74, 6) is -0.0535. The maximum atomic E-state index is 12.2. The van der Waals surface area contributed by atoms with Gasteiger partial charge < -0.3 is 5.32 Å². The van der Waals surface area contributed by atoms with Crippen molar-refractivity contribution in [2.24, 2.45) is 0 Å². The van der Waals surface area contributed by atoms with Crippen molar-refractivity contribution in [2.45, 2.75) is 20.0 Å². The standard InChI is InChI=1S/C16H13Cl4N5O/c1-9-13(19)5-21-25(9)8-15(26)22-16-14(20)7-24(23-16)6-10-2-3-11(17)4-12(10)18/h2-5,7H,6,8H2,1H3,(H,22,23,26). The smallest absolute Gasteiger partial charge is 0.247 e. The van der Waals surface area contributed by atoms with Gasteiger partial charge in [0.2, 0.25) is 5.91 Å². The van der Waals surface area contributed by atoms with Gasteiger partial charge in [-0.05, 0) is 24.6 Å². The quantitative estimate of drug-likeness (QED) is 0.635. The third kappa shape index (κ3) is 4.32. The lowest BCUT2D eigenvalue weighted by Gasteiger charge is -2.06. The molecule has 0 saturated heterocycles. The highest BCUT2D eigenvalue weighted by Gasteiger charge is 2.14. The number of anilines is 1. The van der Waals surface area contributed by atoms with Gasteiger partial charge >= 0.3 is 0 Å². The van der Waals surface area contributed by atoms with Crippen LogP contribution in [-0.2, 0) is 17.9 Å². The Labute approximate surface area is 169 Å². The lowest BCUT2D eigenvalue weighted by Crippen LogP contribution is -2.20. The van der Waals surface area contributed by atoms with Crippen LogP contribution in [0.25, 0.3) is 0 Å². The minimum Gasteiger partial charge on any atom is -0.306 e. The van der Waals surface area contributed by atoms with E-state index in [-0.39, 0.29) is 18.3 Å². The Morgan fingerprint density at radius 2 is 1.92 bits per heavy atom. The Balaban J connectivity index is 1.69. The minimum absolute atomic E-state index is 0.00472. The largest absolute Gasteiger partial charge is 0.306 e. The Kier molecular flexibility index (Phi) is 5.77. The molecule has 0 radical (unpaired) electrons. The number of carbonyl (C=O) groups is 1. The molecule has 1 amide bonds. The van der Waals surface area contributed by atoms with E-state index in [4.69, 9.17) is 46.4 Å². The van der Waals surface area contributed by atoms with Gasteiger partial charge in [0.25, 0.3) is 0 Å². The van der Waals surface area contributed by atoms with Crippen LogP contribution in [0.1, 0.15) is 11.3 Å². The van der Waals surface area contributed by atoms with E-state index >= 15 is 0 Å². The van der Waals surface area contributed by atoms with Crippen molar-refractivity contribution >= 4 is 58.1 Å². The van der Waals surface area contributed by atoms with Crippen molar-refractivity contribution in [3.63, 3.8) is 0 Å². The van der Waals surface area contributed by atoms with Crippen molar-refractivity contribution in [2.75, 3.05) is 5.32 Å². The highest BCUT2D eigenvalue weighted by Crippen LogP contribution is 2.24. The second-order valence-electron chi connectivity index (χ2n) is 5.54. The molecule has 0 bridgehead atoms. The molecule has 0 aliphatic heterocycles. The normalized spacial score (nSPS) is 11.0. The van der Waals surface area contributed by atoms with E-state index in [0.717, 1.165) is 5.56 Å². The van der Waals surface area contributed by atoms with E-state index in [1.165, 1.54) is 10.9 Å². The first-order valence-corrected chi connectivity index (χ1v) is 8.99. The van der Waals surface area contributed by atoms with Gasteiger partial charge in [0, 0.05) is 16.2 Å². The van der Waals surface area contributed by atoms with Crippen LogP contribution in [0.4, 0.5) is 5.82 Å². The summed E-state index contributed by atoms with van der Waals surface area (Å²) in [5.41, 5.74) is 1.53. The monoisotopic (exact) mass is 431 g/mol. The predicted molar refractivity (Wildman–Crippen MR) is 103 cm³/mol. The second kappa shape index (κ2) is 7.88. The average molecular weight is 433 g/mol. The van der Waals surface area contributed by atoms with Crippen LogP contribution in [0.3, 0.4) is 0 Å². The predicted octanol–water partition coefficient (Wildman–Crippen LogP) is 4.69. The zero-order chi connectivity index (χ0) is 18.8. The number of carbonyl (C=O) groups excluding carboxylic acids is 1. The fraction of sp³-hybridized carbons (Fsp3) is 0.188. The van der Waals surface area contributed by atoms with Crippen LogP contribution in [0.5, 0.6) is 0 Å². The van der Waals surface area contributed by atoms with Crippen LogP contribution in [0.2, 0.25) is 20.1 Å². The van der Waals surface area contributed by atoms with Crippen LogP contribution in [0, 0.1) is 6.92 Å². The molecule has 0 atom stereocenters. The van der Waals surface area contributed by atoms with E-state index in [1.807, 2.05) is 6.07 Å². The Hall–Kier alpha value is -1.73. The fourth-order valence-corrected chi connectivity index (χ4v) is 3.09. The molecule has 0 unspecified atom stereocenters. The molecule has 2 aromatic heterocycles. The molecule has 0 saturated carbocycles. The van der Waals surface area contributed by atoms with Gasteiger partial charge in [-0.15, -0.1) is 0 Å². The maximum absolute atomic E-state index is 12.2. The first-order chi connectivity index (χ1) is 12.3. The summed E-state index contributed by atoms with van der Waals surface area (Å²) in [6, 6.07) is 5.21. The Morgan fingerprint density at radius 1 is 1.15 bits per heavy atom. The molecule has 136 valence electrons. The topological polar surface area (TPSA) is 64.7 Å². The molecule has 0 aliphatic rings. The molecule has 6 nitrogen and oxygen atoms in total. The average Bonchev–Trinajstić information content (AvgIpc) is 3.07. The Morgan fingerprint density at radius 3 is 2.58 bits per heavy atom. The van der Waals surface area contributed by atoms with E-state index in [0.29, 0.717) is 32.3 Å². The maximum Gasteiger partial charge on any atom is 0.247 e. The zero-order valence-electron chi connectivity index (χ0n) is 13.5. The SMILES string of the molecule is Cc1c(Cl)cnn1CC(=O)Nc1nn(Cc2ccc(Cl)cc2Cl)cc1Cl. The van der Waals surface area contributed by atoms with Gasteiger partial charge in [0.15, 0.2) is 5.82 Å². The Bertz CT molecular complexity index is 966. The van der Waals surface area contributed by atoms with E-state index in [2.05, 4.69) is 15.5 Å². The third-order valence-electron chi connectivity index (χ3n) is 3.66. The zero-order valence-corrected chi connectivity index (χ0v) is 16.5. The second-order valence-corrected chi connectivity index (χ2v) is 7.20. The highest BCUT2D eigenvalue weighted by atomic mass is 35.5. The molecule has 0 aliphatic carbocycles. The lowest BCUT2D eigenvalue weighted by atomic mass is 10.2. The van der Waals surface area contributed by atoms with Crippen molar-refractivity contribution in [1.29, 1.82) is 0 Å². The lowest BCUT2D eigenvalue weighted by molar-refractivity contribution is -0.117. The van der Waals surface area contributed by atoms with Gasteiger partial charge in [-0.2, -0.15) is 10.2 Å². The minimum atomic E-state index is -0.315. The first-order valence-electron chi connectivity index (χ1n) is 7.48. The van der Waals surface area contributed by atoms with E-state index in [1.54, 1.807) is 29.9 Å². The van der Waals surface area contributed by atoms with Crippen molar-refractivity contribution < 1.29 is 4.79 Å². The summed E-state index contributed by atoms with van der Waals surface area (Å²) in [6.45, 7) is 2.17. The molecule has 3 rings (SSSR count). The molecule has 0 fully saturated rings. The molecule has 3 aromatic rings. The number of hydrogen-bond donors (Lipinski definition) is 1. The number of nitrogens with zero attached hydrogens (tertiary/aromatic N) is 4. The molecule has 0 spiro atoms. The van der Waals surface area contributed by atoms with Gasteiger partial charge in [0.1, 0.15) is 11.6 Å². The number of halogens is 4. The summed E-state index contributed by atoms with van der Waals surface area (Å²) in [7, 11) is 0. The van der Waals surface area contributed by atoms with Crippen molar-refractivity contribution in [1.82, 2.24) is 19.6 Å². The van der Waals surface area contributed by atoms with Gasteiger partial charge in [-0.3, -0.25) is 14.2 Å². The van der Waals surface area contributed by atoms with Crippen LogP contribution in [-0.4, -0.2) is 25.5 Å². The van der Waals surface area contributed by atoms with Gasteiger partial charge in [-0.25, -0.2) is 0 Å². The summed E-state index contributed by atoms with van der Waals surface area (Å²) in [6.07, 6.45) is 3.10. The number of rotatable bonds is 5. The number of hydrogen-bond acceptors (Lipinski definition) is 3. The third-order valence-corrected chi connectivity index (χ3v) is 4.89. The van der Waals surface area contributed by atoms with Gasteiger partial charge in [-0.1, -0.05) is 52.5 Å². The number of nitrogens with one attached hydrogen (secondary N) is 1. The van der Waals surface area contributed by atoms with E-state index < -0.39 is 0 Å². The van der Waals surface area contributed by atoms with Crippen molar-refractivity contribution in [3.8, 4) is 0 Å². The molecule has 1 N–H and O–H groups in total. The number of amides is 1.